The summed E-state index contributed by atoms with van der Waals surface area (Å²) < 4.78 is 0. The molecule has 0 radical (unpaired) electrons. The van der Waals surface area contributed by atoms with Gasteiger partial charge in [0.2, 0.25) is 5.91 Å². The van der Waals surface area contributed by atoms with Crippen molar-refractivity contribution >= 4 is 17.5 Å². The van der Waals surface area contributed by atoms with Crippen LogP contribution in [0.25, 0.3) is 0 Å². The maximum Gasteiger partial charge on any atom is 0.226 e. The van der Waals surface area contributed by atoms with Crippen molar-refractivity contribution in [1.82, 2.24) is 5.32 Å². The maximum absolute atomic E-state index is 11.6. The summed E-state index contributed by atoms with van der Waals surface area (Å²) in [5, 5.41) is 4.02. The molecule has 4 heteroatoms. The third kappa shape index (κ3) is 2.99. The van der Waals surface area contributed by atoms with Crippen molar-refractivity contribution in [2.24, 2.45) is 5.73 Å². The van der Waals surface area contributed by atoms with Crippen LogP contribution in [0.1, 0.15) is 30.7 Å². The number of rotatable bonds is 3. The summed E-state index contributed by atoms with van der Waals surface area (Å²) in [7, 11) is 0. The van der Waals surface area contributed by atoms with Crippen molar-refractivity contribution in [3.05, 3.63) is 34.9 Å². The first-order chi connectivity index (χ1) is 8.18. The number of halogens is 1. The fraction of sp³-hybridized carbons (Fsp3) is 0.462. The minimum atomic E-state index is -0.285. The van der Waals surface area contributed by atoms with Crippen LogP contribution < -0.4 is 11.1 Å². The van der Waals surface area contributed by atoms with Crippen molar-refractivity contribution in [1.29, 1.82) is 0 Å². The normalized spacial score (nSPS) is 22.1. The zero-order chi connectivity index (χ0) is 12.3. The predicted molar refractivity (Wildman–Crippen MR) is 69.0 cm³/mol. The lowest BCUT2D eigenvalue weighted by atomic mass is 9.86. The van der Waals surface area contributed by atoms with E-state index in [4.69, 9.17) is 17.3 Å². The Labute approximate surface area is 106 Å². The van der Waals surface area contributed by atoms with Gasteiger partial charge in [0.1, 0.15) is 0 Å². The number of hydrogen-bond donors (Lipinski definition) is 2. The van der Waals surface area contributed by atoms with Gasteiger partial charge in [-0.1, -0.05) is 30.2 Å². The lowest BCUT2D eigenvalue weighted by Crippen LogP contribution is -2.43. The van der Waals surface area contributed by atoms with E-state index in [0.29, 0.717) is 5.02 Å². The van der Waals surface area contributed by atoms with Crippen molar-refractivity contribution in [2.75, 3.05) is 6.54 Å². The monoisotopic (exact) mass is 252 g/mol. The Balaban J connectivity index is 2.25. The van der Waals surface area contributed by atoms with Gasteiger partial charge in [-0.15, -0.1) is 0 Å². The Morgan fingerprint density at radius 1 is 1.47 bits per heavy atom. The second-order valence-electron chi connectivity index (χ2n) is 4.49. The van der Waals surface area contributed by atoms with Crippen LogP contribution in [-0.4, -0.2) is 18.5 Å². The van der Waals surface area contributed by atoms with Crippen LogP contribution in [0.4, 0.5) is 0 Å². The van der Waals surface area contributed by atoms with Crippen molar-refractivity contribution < 1.29 is 4.79 Å². The highest BCUT2D eigenvalue weighted by Gasteiger charge is 2.29. The van der Waals surface area contributed by atoms with Crippen LogP contribution in [-0.2, 0) is 4.79 Å². The molecule has 1 fully saturated rings. The molecule has 1 heterocycles. The average Bonchev–Trinajstić information content (AvgIpc) is 2.30. The van der Waals surface area contributed by atoms with Gasteiger partial charge in [0.25, 0.3) is 0 Å². The number of piperidine rings is 1. The Kier molecular flexibility index (Phi) is 4.02. The molecule has 17 heavy (non-hydrogen) atoms. The maximum atomic E-state index is 11.6. The molecular weight excluding hydrogens is 236 g/mol. The van der Waals surface area contributed by atoms with Crippen LogP contribution >= 0.6 is 11.6 Å². The summed E-state index contributed by atoms with van der Waals surface area (Å²) >= 11 is 5.96. The molecule has 1 saturated heterocycles. The lowest BCUT2D eigenvalue weighted by Gasteiger charge is -2.29. The zero-order valence-electron chi connectivity index (χ0n) is 9.66. The Bertz CT molecular complexity index is 402. The van der Waals surface area contributed by atoms with E-state index >= 15 is 0 Å². The number of hydrogen-bond acceptors (Lipinski definition) is 2. The molecule has 1 amide bonds. The highest BCUT2D eigenvalue weighted by Crippen LogP contribution is 2.26. The van der Waals surface area contributed by atoms with E-state index in [0.717, 1.165) is 31.4 Å². The topological polar surface area (TPSA) is 55.1 Å². The van der Waals surface area contributed by atoms with Gasteiger partial charge in [-0.25, -0.2) is 0 Å². The van der Waals surface area contributed by atoms with Crippen molar-refractivity contribution in [2.45, 2.75) is 31.2 Å². The minimum Gasteiger partial charge on any atom is -0.369 e. The van der Waals surface area contributed by atoms with Gasteiger partial charge in [0.15, 0.2) is 0 Å². The molecule has 3 nitrogen and oxygen atoms in total. The first-order valence-electron chi connectivity index (χ1n) is 5.96. The number of nitrogens with two attached hydrogens (primary N) is 1. The van der Waals surface area contributed by atoms with Crippen LogP contribution in [0.3, 0.4) is 0 Å². The summed E-state index contributed by atoms with van der Waals surface area (Å²) in [5.74, 6) is -0.569. The Morgan fingerprint density at radius 3 is 2.88 bits per heavy atom. The molecule has 1 aliphatic heterocycles. The second kappa shape index (κ2) is 5.52. The van der Waals surface area contributed by atoms with Gasteiger partial charge < -0.3 is 11.1 Å². The predicted octanol–water partition coefficient (Wildman–Crippen LogP) is 2.05. The Hall–Kier alpha value is -1.06. The van der Waals surface area contributed by atoms with E-state index in [9.17, 15) is 4.79 Å². The molecule has 2 atom stereocenters. The summed E-state index contributed by atoms with van der Waals surface area (Å²) in [6.45, 7) is 0.953. The molecule has 0 aromatic heterocycles. The van der Waals surface area contributed by atoms with E-state index < -0.39 is 0 Å². The summed E-state index contributed by atoms with van der Waals surface area (Å²) in [4.78, 5) is 11.6. The summed E-state index contributed by atoms with van der Waals surface area (Å²) in [6, 6.07) is 7.54. The summed E-state index contributed by atoms with van der Waals surface area (Å²) in [6.07, 6.45) is 3.29. The zero-order valence-corrected chi connectivity index (χ0v) is 10.4. The number of amides is 1. The SMILES string of the molecule is NC(=O)[C@H](c1cccc(Cl)c1)[C@@H]1CCCCN1. The number of nitrogens with one attached hydrogen (secondary N) is 1. The number of primary amides is 1. The lowest BCUT2D eigenvalue weighted by molar-refractivity contribution is -0.120. The molecule has 1 aliphatic rings. The third-order valence-electron chi connectivity index (χ3n) is 3.27. The van der Waals surface area contributed by atoms with E-state index in [1.54, 1.807) is 6.07 Å². The molecule has 1 aromatic rings. The van der Waals surface area contributed by atoms with Gasteiger partial charge >= 0.3 is 0 Å². The average molecular weight is 253 g/mol. The fourth-order valence-corrected chi connectivity index (χ4v) is 2.66. The van der Waals surface area contributed by atoms with E-state index in [2.05, 4.69) is 5.32 Å². The quantitative estimate of drug-likeness (QED) is 0.865. The van der Waals surface area contributed by atoms with E-state index in [1.165, 1.54) is 0 Å². The molecule has 2 rings (SSSR count). The molecule has 3 N–H and O–H groups in total. The highest BCUT2D eigenvalue weighted by molar-refractivity contribution is 6.30. The third-order valence-corrected chi connectivity index (χ3v) is 3.50. The highest BCUT2D eigenvalue weighted by atomic mass is 35.5. The van der Waals surface area contributed by atoms with Crippen LogP contribution in [0.5, 0.6) is 0 Å². The van der Waals surface area contributed by atoms with Crippen molar-refractivity contribution in [3.8, 4) is 0 Å². The molecule has 0 spiro atoms. The minimum absolute atomic E-state index is 0.139. The van der Waals surface area contributed by atoms with Gasteiger partial charge in [-0.05, 0) is 37.1 Å². The van der Waals surface area contributed by atoms with Gasteiger partial charge in [-0.3, -0.25) is 4.79 Å². The molecule has 0 bridgehead atoms. The second-order valence-corrected chi connectivity index (χ2v) is 4.93. The van der Waals surface area contributed by atoms with Crippen LogP contribution in [0.2, 0.25) is 5.02 Å². The van der Waals surface area contributed by atoms with Gasteiger partial charge in [0, 0.05) is 11.1 Å². The Morgan fingerprint density at radius 2 is 2.29 bits per heavy atom. The standard InChI is InChI=1S/C13H17ClN2O/c14-10-5-3-4-9(8-10)12(13(15)17)11-6-1-2-7-16-11/h3-5,8,11-12,16H,1-2,6-7H2,(H2,15,17)/t11-,12+/m0/s1. The number of carbonyl (C=O) groups excluding carboxylic acids is 1. The fourth-order valence-electron chi connectivity index (χ4n) is 2.46. The van der Waals surface area contributed by atoms with Crippen LogP contribution in [0.15, 0.2) is 24.3 Å². The molecule has 0 unspecified atom stereocenters. The van der Waals surface area contributed by atoms with Crippen LogP contribution in [0, 0.1) is 0 Å². The van der Waals surface area contributed by atoms with Gasteiger partial charge in [-0.2, -0.15) is 0 Å². The van der Waals surface area contributed by atoms with E-state index in [1.807, 2.05) is 18.2 Å². The number of benzene rings is 1. The van der Waals surface area contributed by atoms with Gasteiger partial charge in [0.05, 0.1) is 5.92 Å². The van der Waals surface area contributed by atoms with E-state index in [-0.39, 0.29) is 17.9 Å². The molecule has 92 valence electrons. The number of carbonyl (C=O) groups is 1. The first kappa shape index (κ1) is 12.4. The van der Waals surface area contributed by atoms with Crippen molar-refractivity contribution in [3.63, 3.8) is 0 Å². The molecule has 1 aromatic carbocycles. The molecule has 0 saturated carbocycles. The smallest absolute Gasteiger partial charge is 0.226 e. The molecular formula is C13H17ClN2O. The largest absolute Gasteiger partial charge is 0.369 e. The first-order valence-corrected chi connectivity index (χ1v) is 6.34. The molecule has 0 aliphatic carbocycles. The summed E-state index contributed by atoms with van der Waals surface area (Å²) in [5.41, 5.74) is 6.43.